The van der Waals surface area contributed by atoms with Gasteiger partial charge in [0.15, 0.2) is 0 Å². The van der Waals surface area contributed by atoms with Gasteiger partial charge in [-0.3, -0.25) is 4.68 Å². The average Bonchev–Trinajstić information content (AvgIpc) is 2.82. The summed E-state index contributed by atoms with van der Waals surface area (Å²) in [4.78, 5) is 2.37. The van der Waals surface area contributed by atoms with Gasteiger partial charge in [0, 0.05) is 25.2 Å². The first-order chi connectivity index (χ1) is 7.95. The first-order valence-corrected chi connectivity index (χ1v) is 6.45. The van der Waals surface area contributed by atoms with Gasteiger partial charge in [-0.1, -0.05) is 11.6 Å². The van der Waals surface area contributed by atoms with Crippen molar-refractivity contribution in [1.82, 2.24) is 14.7 Å². The quantitative estimate of drug-likeness (QED) is 0.892. The van der Waals surface area contributed by atoms with E-state index in [4.69, 9.17) is 11.6 Å². The van der Waals surface area contributed by atoms with Crippen molar-refractivity contribution in [3.63, 3.8) is 0 Å². The molecule has 1 atom stereocenters. The van der Waals surface area contributed by atoms with E-state index in [0.29, 0.717) is 10.9 Å². The summed E-state index contributed by atoms with van der Waals surface area (Å²) in [6.45, 7) is 7.64. The summed E-state index contributed by atoms with van der Waals surface area (Å²) in [5.41, 5.74) is -0.566. The normalized spacial score (nSPS) is 22.2. The van der Waals surface area contributed by atoms with Crippen molar-refractivity contribution < 1.29 is 5.11 Å². The highest BCUT2D eigenvalue weighted by atomic mass is 35.5. The van der Waals surface area contributed by atoms with E-state index in [1.54, 1.807) is 6.20 Å². The highest BCUT2D eigenvalue weighted by Crippen LogP contribution is 2.26. The number of likely N-dealkylation sites (tertiary alicyclic amines) is 1. The Balaban J connectivity index is 1.79. The van der Waals surface area contributed by atoms with Crippen LogP contribution in [0, 0.1) is 5.92 Å². The molecule has 96 valence electrons. The second kappa shape index (κ2) is 4.96. The fourth-order valence-electron chi connectivity index (χ4n) is 2.32. The molecule has 2 rings (SSSR count). The van der Waals surface area contributed by atoms with Crippen molar-refractivity contribution in [1.29, 1.82) is 0 Å². The highest BCUT2D eigenvalue weighted by Gasteiger charge is 2.33. The van der Waals surface area contributed by atoms with Crippen molar-refractivity contribution in [2.45, 2.75) is 32.4 Å². The van der Waals surface area contributed by atoms with Crippen LogP contribution in [-0.2, 0) is 6.54 Å². The monoisotopic (exact) mass is 257 g/mol. The summed E-state index contributed by atoms with van der Waals surface area (Å²) in [6.07, 6.45) is 4.57. The van der Waals surface area contributed by atoms with E-state index < -0.39 is 5.60 Å². The van der Waals surface area contributed by atoms with Gasteiger partial charge in [0.25, 0.3) is 0 Å². The Kier molecular flexibility index (Phi) is 3.76. The Labute approximate surface area is 107 Å². The Morgan fingerprint density at radius 3 is 2.82 bits per heavy atom. The van der Waals surface area contributed by atoms with E-state index >= 15 is 0 Å². The topological polar surface area (TPSA) is 41.3 Å². The Morgan fingerprint density at radius 1 is 1.53 bits per heavy atom. The van der Waals surface area contributed by atoms with Crippen LogP contribution in [0.3, 0.4) is 0 Å². The first-order valence-electron chi connectivity index (χ1n) is 6.08. The standard InChI is InChI=1S/C12H20ClN3O/c1-12(2,17)10-3-4-15(8-10)5-6-16-9-11(13)7-14-16/h7,9-10,17H,3-6,8H2,1-2H3. The molecule has 0 radical (unpaired) electrons. The molecular weight excluding hydrogens is 238 g/mol. The van der Waals surface area contributed by atoms with Crippen molar-refractivity contribution in [3.8, 4) is 0 Å². The maximum absolute atomic E-state index is 9.96. The van der Waals surface area contributed by atoms with Gasteiger partial charge in [-0.2, -0.15) is 5.10 Å². The third kappa shape index (κ3) is 3.44. The molecule has 0 saturated carbocycles. The van der Waals surface area contributed by atoms with Crippen molar-refractivity contribution in [2.75, 3.05) is 19.6 Å². The molecule has 0 bridgehead atoms. The van der Waals surface area contributed by atoms with Crippen molar-refractivity contribution in [3.05, 3.63) is 17.4 Å². The minimum Gasteiger partial charge on any atom is -0.390 e. The van der Waals surface area contributed by atoms with Gasteiger partial charge in [-0.25, -0.2) is 0 Å². The first kappa shape index (κ1) is 12.9. The van der Waals surface area contributed by atoms with Gasteiger partial charge in [0.05, 0.1) is 23.4 Å². The molecular formula is C12H20ClN3O. The van der Waals surface area contributed by atoms with Crippen LogP contribution >= 0.6 is 11.6 Å². The predicted octanol–water partition coefficient (Wildman–Crippen LogP) is 1.63. The molecule has 1 saturated heterocycles. The summed E-state index contributed by atoms with van der Waals surface area (Å²) in [7, 11) is 0. The van der Waals surface area contributed by atoms with Crippen LogP contribution in [0.1, 0.15) is 20.3 Å². The molecule has 1 aromatic rings. The van der Waals surface area contributed by atoms with E-state index in [1.165, 1.54) is 0 Å². The van der Waals surface area contributed by atoms with Crippen molar-refractivity contribution >= 4 is 11.6 Å². The molecule has 4 nitrogen and oxygen atoms in total. The molecule has 0 spiro atoms. The maximum Gasteiger partial charge on any atom is 0.0785 e. The lowest BCUT2D eigenvalue weighted by Gasteiger charge is -2.25. The molecule has 0 amide bonds. The zero-order valence-corrected chi connectivity index (χ0v) is 11.2. The van der Waals surface area contributed by atoms with E-state index in [0.717, 1.165) is 32.6 Å². The van der Waals surface area contributed by atoms with E-state index in [-0.39, 0.29) is 0 Å². The smallest absolute Gasteiger partial charge is 0.0785 e. The van der Waals surface area contributed by atoms with Crippen LogP contribution in [0.5, 0.6) is 0 Å². The van der Waals surface area contributed by atoms with Gasteiger partial charge in [0.2, 0.25) is 0 Å². The fraction of sp³-hybridized carbons (Fsp3) is 0.750. The molecule has 0 aliphatic carbocycles. The fourth-order valence-corrected chi connectivity index (χ4v) is 2.47. The summed E-state index contributed by atoms with van der Waals surface area (Å²) < 4.78 is 1.86. The average molecular weight is 258 g/mol. The Morgan fingerprint density at radius 2 is 2.29 bits per heavy atom. The van der Waals surface area contributed by atoms with E-state index in [2.05, 4.69) is 10.00 Å². The summed E-state index contributed by atoms with van der Waals surface area (Å²) in [6, 6.07) is 0. The lowest BCUT2D eigenvalue weighted by Crippen LogP contribution is -2.34. The zero-order chi connectivity index (χ0) is 12.5. The molecule has 0 aromatic carbocycles. The SMILES string of the molecule is CC(C)(O)C1CCN(CCn2cc(Cl)cn2)C1. The largest absolute Gasteiger partial charge is 0.390 e. The molecule has 5 heteroatoms. The van der Waals surface area contributed by atoms with Gasteiger partial charge < -0.3 is 10.0 Å². The number of aliphatic hydroxyl groups is 1. The number of nitrogens with zero attached hydrogens (tertiary/aromatic N) is 3. The molecule has 1 fully saturated rings. The van der Waals surface area contributed by atoms with E-state index in [9.17, 15) is 5.11 Å². The van der Waals surface area contributed by atoms with Crippen LogP contribution < -0.4 is 0 Å². The zero-order valence-electron chi connectivity index (χ0n) is 10.4. The summed E-state index contributed by atoms with van der Waals surface area (Å²) >= 11 is 5.81. The number of aromatic nitrogens is 2. The van der Waals surface area contributed by atoms with Crippen LogP contribution in [0.4, 0.5) is 0 Å². The van der Waals surface area contributed by atoms with Crippen molar-refractivity contribution in [2.24, 2.45) is 5.92 Å². The van der Waals surface area contributed by atoms with Crippen LogP contribution in [0.25, 0.3) is 0 Å². The molecule has 1 aliphatic heterocycles. The van der Waals surface area contributed by atoms with Crippen LogP contribution in [0.2, 0.25) is 5.02 Å². The highest BCUT2D eigenvalue weighted by molar-refractivity contribution is 6.30. The summed E-state index contributed by atoms with van der Waals surface area (Å²) in [5.74, 6) is 0.378. The lowest BCUT2D eigenvalue weighted by atomic mass is 9.90. The molecule has 1 unspecified atom stereocenters. The number of halogens is 1. The lowest BCUT2D eigenvalue weighted by molar-refractivity contribution is 0.0209. The van der Waals surface area contributed by atoms with E-state index in [1.807, 2.05) is 24.7 Å². The Hall–Kier alpha value is -0.580. The number of rotatable bonds is 4. The molecule has 2 heterocycles. The van der Waals surface area contributed by atoms with Crippen LogP contribution in [-0.4, -0.2) is 45.0 Å². The van der Waals surface area contributed by atoms with Crippen LogP contribution in [0.15, 0.2) is 12.4 Å². The predicted molar refractivity (Wildman–Crippen MR) is 68.1 cm³/mol. The molecule has 1 aliphatic rings. The molecule has 1 aromatic heterocycles. The molecule has 1 N–H and O–H groups in total. The second-order valence-electron chi connectivity index (χ2n) is 5.36. The summed E-state index contributed by atoms with van der Waals surface area (Å²) in [5, 5.41) is 14.8. The van der Waals surface area contributed by atoms with Gasteiger partial charge in [0.1, 0.15) is 0 Å². The minimum absolute atomic E-state index is 0.378. The minimum atomic E-state index is -0.566. The molecule has 17 heavy (non-hydrogen) atoms. The number of hydrogen-bond donors (Lipinski definition) is 1. The number of hydrogen-bond acceptors (Lipinski definition) is 3. The Bertz CT molecular complexity index is 372. The van der Waals surface area contributed by atoms with Gasteiger partial charge in [-0.15, -0.1) is 0 Å². The second-order valence-corrected chi connectivity index (χ2v) is 5.80. The third-order valence-corrected chi connectivity index (χ3v) is 3.71. The van der Waals surface area contributed by atoms with Gasteiger partial charge in [-0.05, 0) is 26.8 Å². The maximum atomic E-state index is 9.96. The third-order valence-electron chi connectivity index (χ3n) is 3.52. The van der Waals surface area contributed by atoms with Gasteiger partial charge >= 0.3 is 0 Å².